The lowest BCUT2D eigenvalue weighted by Gasteiger charge is -2.35. The van der Waals surface area contributed by atoms with Gasteiger partial charge in [-0.1, -0.05) is 6.07 Å². The molecule has 0 radical (unpaired) electrons. The highest BCUT2D eigenvalue weighted by molar-refractivity contribution is 5.84. The van der Waals surface area contributed by atoms with Crippen molar-refractivity contribution < 1.29 is 0 Å². The fraction of sp³-hybridized carbons (Fsp3) is 0.636. The quantitative estimate of drug-likeness (QED) is 0.909. The molecule has 0 spiro atoms. The van der Waals surface area contributed by atoms with Crippen LogP contribution < -0.4 is 0 Å². The molecule has 0 amide bonds. The predicted octanol–water partition coefficient (Wildman–Crippen LogP) is 4.15. The van der Waals surface area contributed by atoms with E-state index in [-0.39, 0.29) is 0 Å². The van der Waals surface area contributed by atoms with Crippen LogP contribution in [0.4, 0.5) is 0 Å². The van der Waals surface area contributed by atoms with Crippen molar-refractivity contribution in [1.82, 2.24) is 14.8 Å². The van der Waals surface area contributed by atoms with E-state index in [1.165, 1.54) is 81.0 Å². The second-order valence-corrected chi connectivity index (χ2v) is 8.65. The number of H-pyrrole nitrogens is 1. The van der Waals surface area contributed by atoms with Crippen LogP contribution in [0, 0.1) is 0 Å². The van der Waals surface area contributed by atoms with Crippen LogP contribution in [0.25, 0.3) is 10.9 Å². The number of piperidine rings is 1. The van der Waals surface area contributed by atoms with E-state index in [0.717, 1.165) is 18.0 Å². The average Bonchev–Trinajstić information content (AvgIpc) is 3.35. The lowest BCUT2D eigenvalue weighted by Crippen LogP contribution is -2.37. The van der Waals surface area contributed by atoms with E-state index in [0.29, 0.717) is 0 Å². The Morgan fingerprint density at radius 2 is 2.00 bits per heavy atom. The summed E-state index contributed by atoms with van der Waals surface area (Å²) >= 11 is 0. The van der Waals surface area contributed by atoms with E-state index >= 15 is 0 Å². The van der Waals surface area contributed by atoms with Gasteiger partial charge in [0, 0.05) is 29.2 Å². The Morgan fingerprint density at radius 3 is 2.88 bits per heavy atom. The first-order valence-electron chi connectivity index (χ1n) is 10.3. The third-order valence-corrected chi connectivity index (χ3v) is 7.21. The van der Waals surface area contributed by atoms with Crippen LogP contribution in [0.3, 0.4) is 0 Å². The van der Waals surface area contributed by atoms with E-state index in [9.17, 15) is 0 Å². The topological polar surface area (TPSA) is 22.3 Å². The number of likely N-dealkylation sites (N-methyl/N-ethyl adjacent to an activating group) is 1. The van der Waals surface area contributed by atoms with Gasteiger partial charge in [0.1, 0.15) is 0 Å². The molecular formula is C22H31N3. The first-order chi connectivity index (χ1) is 12.3. The number of rotatable bonds is 3. The second kappa shape index (κ2) is 6.44. The minimum absolute atomic E-state index is 0.726. The molecule has 2 aromatic rings. The summed E-state index contributed by atoms with van der Waals surface area (Å²) in [4.78, 5) is 8.79. The van der Waals surface area contributed by atoms with Gasteiger partial charge in [-0.15, -0.1) is 0 Å². The molecule has 4 heterocycles. The minimum Gasteiger partial charge on any atom is -0.361 e. The number of fused-ring (bicyclic) bond motifs is 2. The molecule has 3 heteroatoms. The fourth-order valence-electron chi connectivity index (χ4n) is 5.64. The van der Waals surface area contributed by atoms with Gasteiger partial charge in [0.15, 0.2) is 0 Å². The smallest absolute Gasteiger partial charge is 0.0457 e. The number of likely N-dealkylation sites (tertiary alicyclic amines) is 1. The van der Waals surface area contributed by atoms with Gasteiger partial charge in [-0.25, -0.2) is 0 Å². The molecule has 0 aliphatic carbocycles. The fourth-order valence-corrected chi connectivity index (χ4v) is 5.64. The number of hydrogen-bond acceptors (Lipinski definition) is 2. The highest BCUT2D eigenvalue weighted by Gasteiger charge is 2.32. The third kappa shape index (κ3) is 2.92. The van der Waals surface area contributed by atoms with Gasteiger partial charge in [0.25, 0.3) is 0 Å². The van der Waals surface area contributed by atoms with Crippen LogP contribution in [0.1, 0.15) is 55.6 Å². The van der Waals surface area contributed by atoms with Crippen LogP contribution in [0.15, 0.2) is 24.4 Å². The molecule has 3 atom stereocenters. The van der Waals surface area contributed by atoms with E-state index in [2.05, 4.69) is 46.2 Å². The maximum atomic E-state index is 3.52. The van der Waals surface area contributed by atoms with Gasteiger partial charge >= 0.3 is 0 Å². The maximum Gasteiger partial charge on any atom is 0.0457 e. The molecule has 134 valence electrons. The van der Waals surface area contributed by atoms with Crippen molar-refractivity contribution in [2.24, 2.45) is 0 Å². The molecule has 3 aliphatic heterocycles. The van der Waals surface area contributed by atoms with Crippen molar-refractivity contribution in [3.63, 3.8) is 0 Å². The van der Waals surface area contributed by atoms with Crippen LogP contribution in [-0.2, 0) is 6.42 Å². The molecule has 3 saturated heterocycles. The second-order valence-electron chi connectivity index (χ2n) is 8.65. The Balaban J connectivity index is 1.40. The summed E-state index contributed by atoms with van der Waals surface area (Å²) in [5.74, 6) is 0.764. The van der Waals surface area contributed by atoms with Crippen molar-refractivity contribution in [3.05, 3.63) is 35.5 Å². The molecule has 1 N–H and O–H groups in total. The van der Waals surface area contributed by atoms with Gasteiger partial charge in [0.05, 0.1) is 0 Å². The van der Waals surface area contributed by atoms with Gasteiger partial charge < -0.3 is 14.8 Å². The largest absolute Gasteiger partial charge is 0.361 e. The third-order valence-electron chi connectivity index (χ3n) is 7.21. The molecule has 0 bridgehead atoms. The number of nitrogens with zero attached hydrogens (tertiary/aromatic N) is 2. The summed E-state index contributed by atoms with van der Waals surface area (Å²) < 4.78 is 0. The summed E-state index contributed by atoms with van der Waals surface area (Å²) in [5.41, 5.74) is 4.42. The molecule has 0 unspecified atom stereocenters. The Kier molecular flexibility index (Phi) is 4.10. The molecule has 1 aromatic heterocycles. The van der Waals surface area contributed by atoms with E-state index in [1.807, 2.05) is 0 Å². The van der Waals surface area contributed by atoms with E-state index in [1.54, 1.807) is 5.56 Å². The van der Waals surface area contributed by atoms with Crippen LogP contribution in [0.5, 0.6) is 0 Å². The molecule has 25 heavy (non-hydrogen) atoms. The highest BCUT2D eigenvalue weighted by Crippen LogP contribution is 2.37. The van der Waals surface area contributed by atoms with Crippen molar-refractivity contribution >= 4 is 10.9 Å². The standard InChI is InChI=1S/C22H31N3/c1-24-9-2-4-19(24)13-18-15-23-22-7-6-16(14-21(18)22)17-8-11-25-10-3-5-20(25)12-17/h6-7,14-15,17,19-20,23H,2-5,8-13H2,1H3/t17-,19-,20+/m1/s1. The van der Waals surface area contributed by atoms with Crippen LogP contribution in [-0.4, -0.2) is 53.5 Å². The normalized spacial score (nSPS) is 31.0. The summed E-state index contributed by atoms with van der Waals surface area (Å²) in [6.45, 7) is 3.91. The molecule has 3 fully saturated rings. The lowest BCUT2D eigenvalue weighted by atomic mass is 9.85. The first kappa shape index (κ1) is 15.9. The number of aromatic amines is 1. The van der Waals surface area contributed by atoms with Crippen LogP contribution in [0.2, 0.25) is 0 Å². The summed E-state index contributed by atoms with van der Waals surface area (Å²) in [6.07, 6.45) is 11.7. The predicted molar refractivity (Wildman–Crippen MR) is 104 cm³/mol. The van der Waals surface area contributed by atoms with Crippen molar-refractivity contribution in [1.29, 1.82) is 0 Å². The molecular weight excluding hydrogens is 306 g/mol. The zero-order valence-electron chi connectivity index (χ0n) is 15.5. The zero-order chi connectivity index (χ0) is 16.8. The van der Waals surface area contributed by atoms with Gasteiger partial charge in [-0.3, -0.25) is 0 Å². The molecule has 5 rings (SSSR count). The first-order valence-corrected chi connectivity index (χ1v) is 10.3. The Morgan fingerprint density at radius 1 is 1.08 bits per heavy atom. The van der Waals surface area contributed by atoms with E-state index < -0.39 is 0 Å². The number of aromatic nitrogens is 1. The summed E-state index contributed by atoms with van der Waals surface area (Å²) in [7, 11) is 2.29. The number of nitrogens with one attached hydrogen (secondary N) is 1. The van der Waals surface area contributed by atoms with Crippen molar-refractivity contribution in [3.8, 4) is 0 Å². The van der Waals surface area contributed by atoms with Crippen LogP contribution >= 0.6 is 0 Å². The SMILES string of the molecule is CN1CCC[C@@H]1Cc1c[nH]c2ccc([C@@H]3CCN4CCC[C@H]4C3)cc12. The number of benzene rings is 1. The number of hydrogen-bond donors (Lipinski definition) is 1. The van der Waals surface area contributed by atoms with Gasteiger partial charge in [0.2, 0.25) is 0 Å². The van der Waals surface area contributed by atoms with Crippen molar-refractivity contribution in [2.45, 2.75) is 62.9 Å². The highest BCUT2D eigenvalue weighted by atomic mass is 15.2. The van der Waals surface area contributed by atoms with Gasteiger partial charge in [-0.2, -0.15) is 0 Å². The molecule has 1 aromatic carbocycles. The molecule has 3 nitrogen and oxygen atoms in total. The molecule has 0 saturated carbocycles. The Labute approximate surface area is 151 Å². The van der Waals surface area contributed by atoms with Crippen molar-refractivity contribution in [2.75, 3.05) is 26.7 Å². The zero-order valence-corrected chi connectivity index (χ0v) is 15.5. The Bertz CT molecular complexity index is 749. The monoisotopic (exact) mass is 337 g/mol. The van der Waals surface area contributed by atoms with Gasteiger partial charge in [-0.05, 0) is 101 Å². The lowest BCUT2D eigenvalue weighted by molar-refractivity contribution is 0.181. The summed E-state index contributed by atoms with van der Waals surface area (Å²) in [5, 5.41) is 1.48. The van der Waals surface area contributed by atoms with E-state index in [4.69, 9.17) is 0 Å². The average molecular weight is 338 g/mol. The minimum atomic E-state index is 0.726. The Hall–Kier alpha value is -1.32. The maximum absolute atomic E-state index is 3.52. The summed E-state index contributed by atoms with van der Waals surface area (Å²) in [6, 6.07) is 8.81. The molecule has 3 aliphatic rings.